The van der Waals surface area contributed by atoms with Crippen molar-refractivity contribution < 1.29 is 22.7 Å². The fraction of sp³-hybridized carbons (Fsp3) is 0.462. The highest BCUT2D eigenvalue weighted by Gasteiger charge is 2.32. The van der Waals surface area contributed by atoms with E-state index in [4.69, 9.17) is 4.74 Å². The van der Waals surface area contributed by atoms with E-state index >= 15 is 0 Å². The first kappa shape index (κ1) is 28.2. The molecule has 0 aliphatic rings. The minimum Gasteiger partial charge on any atom is -0.495 e. The van der Waals surface area contributed by atoms with Crippen molar-refractivity contribution in [2.24, 2.45) is 5.92 Å². The van der Waals surface area contributed by atoms with Gasteiger partial charge in [-0.25, -0.2) is 8.42 Å². The number of ether oxygens (including phenoxy) is 1. The van der Waals surface area contributed by atoms with Crippen LogP contribution in [0, 0.1) is 5.92 Å². The van der Waals surface area contributed by atoms with Crippen LogP contribution in [-0.4, -0.2) is 64.2 Å². The molecule has 0 fully saturated rings. The van der Waals surface area contributed by atoms with Crippen molar-refractivity contribution in [1.29, 1.82) is 0 Å². The minimum absolute atomic E-state index is 0.245. The van der Waals surface area contributed by atoms with Gasteiger partial charge in [-0.05, 0) is 36.5 Å². The number of hydrogen-bond donors (Lipinski definition) is 1. The van der Waals surface area contributed by atoms with Gasteiger partial charge in [0.05, 0.1) is 19.1 Å². The third-order valence-corrected chi connectivity index (χ3v) is 6.71. The van der Waals surface area contributed by atoms with Gasteiger partial charge in [0.25, 0.3) is 0 Å². The number of para-hydroxylation sites is 2. The third kappa shape index (κ3) is 8.28. The van der Waals surface area contributed by atoms with Crippen LogP contribution in [0.15, 0.2) is 54.6 Å². The smallest absolute Gasteiger partial charge is 0.244 e. The predicted octanol–water partition coefficient (Wildman–Crippen LogP) is 3.08. The molecule has 1 unspecified atom stereocenters. The van der Waals surface area contributed by atoms with E-state index < -0.39 is 28.5 Å². The third-order valence-electron chi connectivity index (χ3n) is 5.59. The van der Waals surface area contributed by atoms with Crippen LogP contribution < -0.4 is 14.4 Å². The second kappa shape index (κ2) is 13.1. The molecule has 0 heterocycles. The number of methoxy groups -OCH3 is 1. The van der Waals surface area contributed by atoms with Gasteiger partial charge in [-0.15, -0.1) is 0 Å². The highest BCUT2D eigenvalue weighted by molar-refractivity contribution is 7.92. The van der Waals surface area contributed by atoms with Gasteiger partial charge in [-0.2, -0.15) is 0 Å². The highest BCUT2D eigenvalue weighted by atomic mass is 32.2. The number of carbonyl (C=O) groups excluding carboxylic acids is 2. The van der Waals surface area contributed by atoms with Crippen molar-refractivity contribution in [3.63, 3.8) is 0 Å². The Balaban J connectivity index is 2.38. The van der Waals surface area contributed by atoms with Crippen LogP contribution in [-0.2, 0) is 26.0 Å². The molecule has 9 heteroatoms. The lowest BCUT2D eigenvalue weighted by molar-refractivity contribution is -0.139. The van der Waals surface area contributed by atoms with E-state index in [1.54, 1.807) is 24.3 Å². The number of nitrogens with zero attached hydrogens (tertiary/aromatic N) is 2. The molecule has 0 saturated carbocycles. The lowest BCUT2D eigenvalue weighted by Gasteiger charge is -2.33. The summed E-state index contributed by atoms with van der Waals surface area (Å²) in [6, 6.07) is 15.6. The summed E-state index contributed by atoms with van der Waals surface area (Å²) >= 11 is 0. The van der Waals surface area contributed by atoms with E-state index in [0.29, 0.717) is 25.1 Å². The molecule has 0 saturated heterocycles. The number of benzene rings is 2. The molecule has 1 N–H and O–H groups in total. The summed E-state index contributed by atoms with van der Waals surface area (Å²) in [6.07, 6.45) is 1.99. The summed E-state index contributed by atoms with van der Waals surface area (Å²) in [5.74, 6) is -0.103. The summed E-state index contributed by atoms with van der Waals surface area (Å²) in [6.45, 7) is 6.17. The predicted molar refractivity (Wildman–Crippen MR) is 139 cm³/mol. The van der Waals surface area contributed by atoms with Gasteiger partial charge in [0.2, 0.25) is 21.8 Å². The first-order chi connectivity index (χ1) is 16.6. The molecule has 1 atom stereocenters. The molecule has 35 heavy (non-hydrogen) atoms. The Morgan fingerprint density at radius 3 is 2.23 bits per heavy atom. The molecule has 192 valence electrons. The zero-order valence-corrected chi connectivity index (χ0v) is 22.0. The Hall–Kier alpha value is -3.07. The average Bonchev–Trinajstić information content (AvgIpc) is 2.83. The molecule has 2 aromatic carbocycles. The maximum Gasteiger partial charge on any atom is 0.244 e. The molecule has 2 aromatic rings. The fourth-order valence-electron chi connectivity index (χ4n) is 3.75. The van der Waals surface area contributed by atoms with Crippen LogP contribution in [0.25, 0.3) is 0 Å². The van der Waals surface area contributed by atoms with E-state index in [1.807, 2.05) is 51.1 Å². The van der Waals surface area contributed by atoms with E-state index in [-0.39, 0.29) is 24.1 Å². The van der Waals surface area contributed by atoms with E-state index in [0.717, 1.165) is 16.1 Å². The quantitative estimate of drug-likeness (QED) is 0.453. The van der Waals surface area contributed by atoms with Gasteiger partial charge in [0.15, 0.2) is 0 Å². The molecule has 2 rings (SSSR count). The van der Waals surface area contributed by atoms with Gasteiger partial charge in [0.1, 0.15) is 18.3 Å². The number of hydrogen-bond acceptors (Lipinski definition) is 5. The maximum absolute atomic E-state index is 13.6. The second-order valence-electron chi connectivity index (χ2n) is 8.83. The number of amides is 2. The van der Waals surface area contributed by atoms with E-state index in [1.165, 1.54) is 12.0 Å². The van der Waals surface area contributed by atoms with Crippen molar-refractivity contribution in [2.45, 2.75) is 39.7 Å². The molecular weight excluding hydrogens is 466 g/mol. The molecule has 0 radical (unpaired) electrons. The summed E-state index contributed by atoms with van der Waals surface area (Å²) in [7, 11) is -2.37. The largest absolute Gasteiger partial charge is 0.495 e. The topological polar surface area (TPSA) is 96.0 Å². The lowest BCUT2D eigenvalue weighted by Crippen LogP contribution is -2.53. The Kier molecular flexibility index (Phi) is 10.6. The Morgan fingerprint density at radius 1 is 1.03 bits per heavy atom. The zero-order chi connectivity index (χ0) is 26.0. The molecule has 0 aliphatic carbocycles. The number of rotatable bonds is 13. The van der Waals surface area contributed by atoms with Crippen LogP contribution in [0.3, 0.4) is 0 Å². The van der Waals surface area contributed by atoms with E-state index in [9.17, 15) is 18.0 Å². The van der Waals surface area contributed by atoms with Crippen molar-refractivity contribution in [2.75, 3.05) is 37.3 Å². The van der Waals surface area contributed by atoms with Gasteiger partial charge in [-0.1, -0.05) is 63.2 Å². The Labute approximate surface area is 209 Å². The molecule has 0 aromatic heterocycles. The lowest BCUT2D eigenvalue weighted by atomic mass is 10.1. The van der Waals surface area contributed by atoms with Crippen molar-refractivity contribution >= 4 is 27.5 Å². The zero-order valence-electron chi connectivity index (χ0n) is 21.2. The normalized spacial score (nSPS) is 12.2. The number of carbonyl (C=O) groups is 2. The summed E-state index contributed by atoms with van der Waals surface area (Å²) < 4.78 is 31.8. The van der Waals surface area contributed by atoms with Gasteiger partial charge >= 0.3 is 0 Å². The van der Waals surface area contributed by atoms with Crippen molar-refractivity contribution in [3.05, 3.63) is 60.2 Å². The standard InChI is InChI=1S/C26H37N3O5S/c1-6-22(26(31)27-18-20(2)3)28(17-16-21-12-8-7-9-13-21)25(30)19-29(35(5,32)33)23-14-10-11-15-24(23)34-4/h7-15,20,22H,6,16-19H2,1-5H3,(H,27,31). The van der Waals surface area contributed by atoms with Crippen LogP contribution in [0.5, 0.6) is 5.75 Å². The summed E-state index contributed by atoms with van der Waals surface area (Å²) in [5, 5.41) is 2.92. The maximum atomic E-state index is 13.6. The Bertz CT molecular complexity index is 1070. The summed E-state index contributed by atoms with van der Waals surface area (Å²) in [4.78, 5) is 28.2. The monoisotopic (exact) mass is 503 g/mol. The van der Waals surface area contributed by atoms with Crippen LogP contribution >= 0.6 is 0 Å². The van der Waals surface area contributed by atoms with E-state index in [2.05, 4.69) is 5.32 Å². The molecule has 0 aliphatic heterocycles. The average molecular weight is 504 g/mol. The van der Waals surface area contributed by atoms with Crippen LogP contribution in [0.2, 0.25) is 0 Å². The van der Waals surface area contributed by atoms with Crippen molar-refractivity contribution in [1.82, 2.24) is 10.2 Å². The number of nitrogens with one attached hydrogen (secondary N) is 1. The van der Waals surface area contributed by atoms with Gasteiger partial charge in [-0.3, -0.25) is 13.9 Å². The van der Waals surface area contributed by atoms with Crippen LogP contribution in [0.4, 0.5) is 5.69 Å². The second-order valence-corrected chi connectivity index (χ2v) is 10.7. The highest BCUT2D eigenvalue weighted by Crippen LogP contribution is 2.29. The SMILES string of the molecule is CCC(C(=O)NCC(C)C)N(CCc1ccccc1)C(=O)CN(c1ccccc1OC)S(C)(=O)=O. The van der Waals surface area contributed by atoms with Gasteiger partial charge in [0, 0.05) is 13.1 Å². The van der Waals surface area contributed by atoms with Crippen molar-refractivity contribution in [3.8, 4) is 5.75 Å². The minimum atomic E-state index is -3.82. The first-order valence-electron chi connectivity index (χ1n) is 11.8. The number of sulfonamides is 1. The number of anilines is 1. The van der Waals surface area contributed by atoms with Crippen LogP contribution in [0.1, 0.15) is 32.8 Å². The molecule has 0 spiro atoms. The molecule has 2 amide bonds. The Morgan fingerprint density at radius 2 is 1.66 bits per heavy atom. The fourth-order valence-corrected chi connectivity index (χ4v) is 4.60. The first-order valence-corrected chi connectivity index (χ1v) is 13.6. The molecule has 8 nitrogen and oxygen atoms in total. The van der Waals surface area contributed by atoms with Gasteiger partial charge < -0.3 is 15.0 Å². The molecule has 0 bridgehead atoms. The summed E-state index contributed by atoms with van der Waals surface area (Å²) in [5.41, 5.74) is 1.29. The molecular formula is C26H37N3O5S.